The molecular formula is C14H17N3O2S. The third-order valence-corrected chi connectivity index (χ3v) is 3.52. The van der Waals surface area contributed by atoms with Gasteiger partial charge in [-0.15, -0.1) is 11.3 Å². The smallest absolute Gasteiger partial charge is 0.243 e. The maximum absolute atomic E-state index is 11.7. The van der Waals surface area contributed by atoms with Gasteiger partial charge >= 0.3 is 0 Å². The number of nitrogens with two attached hydrogens (primary N) is 1. The van der Waals surface area contributed by atoms with E-state index in [1.807, 2.05) is 36.6 Å². The fourth-order valence-electron chi connectivity index (χ4n) is 1.71. The van der Waals surface area contributed by atoms with Crippen LogP contribution in [0.5, 0.6) is 0 Å². The Morgan fingerprint density at radius 2 is 2.15 bits per heavy atom. The quantitative estimate of drug-likeness (QED) is 0.883. The van der Waals surface area contributed by atoms with E-state index in [2.05, 4.69) is 10.3 Å². The zero-order valence-electron chi connectivity index (χ0n) is 11.4. The Labute approximate surface area is 121 Å². The van der Waals surface area contributed by atoms with Gasteiger partial charge in [0.1, 0.15) is 6.04 Å². The van der Waals surface area contributed by atoms with Crippen LogP contribution in [-0.2, 0) is 9.53 Å². The van der Waals surface area contributed by atoms with E-state index in [1.165, 1.54) is 7.11 Å². The van der Waals surface area contributed by atoms with Crippen molar-refractivity contribution in [3.63, 3.8) is 0 Å². The topological polar surface area (TPSA) is 77.2 Å². The summed E-state index contributed by atoms with van der Waals surface area (Å²) < 4.78 is 4.85. The second-order valence-electron chi connectivity index (χ2n) is 4.38. The van der Waals surface area contributed by atoms with Gasteiger partial charge < -0.3 is 15.8 Å². The maximum Gasteiger partial charge on any atom is 0.243 e. The summed E-state index contributed by atoms with van der Waals surface area (Å²) in [6.45, 7) is 2.17. The molecule has 1 atom stereocenters. The number of amides is 1. The monoisotopic (exact) mass is 291 g/mol. The van der Waals surface area contributed by atoms with Gasteiger partial charge in [-0.2, -0.15) is 0 Å². The third kappa shape index (κ3) is 3.63. The summed E-state index contributed by atoms with van der Waals surface area (Å²) in [6, 6.07) is 6.85. The van der Waals surface area contributed by atoms with Crippen LogP contribution in [0, 0.1) is 6.92 Å². The molecule has 1 aromatic heterocycles. The molecule has 2 rings (SSSR count). The molecule has 1 aromatic carbocycles. The van der Waals surface area contributed by atoms with E-state index in [-0.39, 0.29) is 12.5 Å². The van der Waals surface area contributed by atoms with Crippen LogP contribution in [0.4, 0.5) is 5.69 Å². The average Bonchev–Trinajstić information content (AvgIpc) is 2.86. The van der Waals surface area contributed by atoms with Crippen molar-refractivity contribution in [1.29, 1.82) is 0 Å². The number of methoxy groups -OCH3 is 1. The molecule has 5 nitrogen and oxygen atoms in total. The van der Waals surface area contributed by atoms with Crippen molar-refractivity contribution < 1.29 is 9.53 Å². The number of nitrogens with one attached hydrogen (secondary N) is 1. The molecule has 6 heteroatoms. The highest BCUT2D eigenvalue weighted by Crippen LogP contribution is 2.23. The van der Waals surface area contributed by atoms with Gasteiger partial charge in [-0.3, -0.25) is 4.79 Å². The Bertz CT molecular complexity index is 580. The third-order valence-electron chi connectivity index (χ3n) is 2.75. The highest BCUT2D eigenvalue weighted by atomic mass is 32.1. The zero-order chi connectivity index (χ0) is 14.5. The summed E-state index contributed by atoms with van der Waals surface area (Å²) >= 11 is 1.61. The summed E-state index contributed by atoms with van der Waals surface area (Å²) in [5, 5.41) is 5.79. The number of thiazole rings is 1. The molecule has 2 aromatic rings. The Hall–Kier alpha value is -1.76. The molecule has 0 saturated heterocycles. The summed E-state index contributed by atoms with van der Waals surface area (Å²) in [5.41, 5.74) is 8.33. The minimum Gasteiger partial charge on any atom is -0.383 e. The van der Waals surface area contributed by atoms with E-state index >= 15 is 0 Å². The normalized spacial score (nSPS) is 12.2. The Morgan fingerprint density at radius 1 is 1.45 bits per heavy atom. The van der Waals surface area contributed by atoms with Gasteiger partial charge in [-0.25, -0.2) is 4.98 Å². The Balaban J connectivity index is 2.03. The molecule has 0 aliphatic heterocycles. The van der Waals surface area contributed by atoms with Crippen molar-refractivity contribution in [3.8, 4) is 11.3 Å². The maximum atomic E-state index is 11.7. The van der Waals surface area contributed by atoms with E-state index < -0.39 is 6.04 Å². The SMILES string of the molecule is COCC(N)C(=O)Nc1ccc(-c2csc(C)n2)cc1. The van der Waals surface area contributed by atoms with Crippen molar-refractivity contribution in [2.75, 3.05) is 19.0 Å². The molecule has 106 valence electrons. The first kappa shape index (κ1) is 14.6. The van der Waals surface area contributed by atoms with Gasteiger partial charge in [0.05, 0.1) is 17.3 Å². The van der Waals surface area contributed by atoms with E-state index in [0.717, 1.165) is 16.3 Å². The van der Waals surface area contributed by atoms with Crippen LogP contribution in [-0.4, -0.2) is 30.6 Å². The van der Waals surface area contributed by atoms with Gasteiger partial charge in [0.15, 0.2) is 0 Å². The molecule has 20 heavy (non-hydrogen) atoms. The Morgan fingerprint density at radius 3 is 2.70 bits per heavy atom. The Kier molecular flexibility index (Phi) is 4.84. The van der Waals surface area contributed by atoms with Crippen molar-refractivity contribution in [1.82, 2.24) is 4.98 Å². The van der Waals surface area contributed by atoms with Crippen LogP contribution in [0.15, 0.2) is 29.6 Å². The van der Waals surface area contributed by atoms with E-state index in [9.17, 15) is 4.79 Å². The predicted molar refractivity (Wildman–Crippen MR) is 80.8 cm³/mol. The first-order valence-corrected chi connectivity index (χ1v) is 7.06. The van der Waals surface area contributed by atoms with E-state index in [4.69, 9.17) is 10.5 Å². The molecule has 1 unspecified atom stereocenters. The highest BCUT2D eigenvalue weighted by molar-refractivity contribution is 7.09. The van der Waals surface area contributed by atoms with Crippen LogP contribution in [0.2, 0.25) is 0 Å². The van der Waals surface area contributed by atoms with Crippen LogP contribution in [0.25, 0.3) is 11.3 Å². The van der Waals surface area contributed by atoms with Gasteiger partial charge in [0.25, 0.3) is 0 Å². The van der Waals surface area contributed by atoms with Gasteiger partial charge in [-0.05, 0) is 19.1 Å². The molecule has 1 amide bonds. The number of hydrogen-bond acceptors (Lipinski definition) is 5. The minimum atomic E-state index is -0.666. The molecule has 0 aliphatic carbocycles. The lowest BCUT2D eigenvalue weighted by molar-refractivity contribution is -0.118. The van der Waals surface area contributed by atoms with E-state index in [0.29, 0.717) is 5.69 Å². The summed E-state index contributed by atoms with van der Waals surface area (Å²) in [4.78, 5) is 16.2. The van der Waals surface area contributed by atoms with Gasteiger partial charge in [0.2, 0.25) is 5.91 Å². The molecule has 0 spiro atoms. The molecule has 0 aliphatic rings. The number of hydrogen-bond donors (Lipinski definition) is 2. The van der Waals surface area contributed by atoms with Gasteiger partial charge in [-0.1, -0.05) is 12.1 Å². The summed E-state index contributed by atoms with van der Waals surface area (Å²) in [6.07, 6.45) is 0. The highest BCUT2D eigenvalue weighted by Gasteiger charge is 2.13. The fraction of sp³-hybridized carbons (Fsp3) is 0.286. The predicted octanol–water partition coefficient (Wildman–Crippen LogP) is 2.03. The molecule has 1 heterocycles. The molecule has 0 bridgehead atoms. The van der Waals surface area contributed by atoms with Crippen molar-refractivity contribution in [2.45, 2.75) is 13.0 Å². The first-order chi connectivity index (χ1) is 9.60. The summed E-state index contributed by atoms with van der Waals surface area (Å²) in [5.74, 6) is -0.260. The number of benzene rings is 1. The van der Waals surface area contributed by atoms with Crippen LogP contribution in [0.1, 0.15) is 5.01 Å². The number of carbonyl (C=O) groups excluding carboxylic acids is 1. The van der Waals surface area contributed by atoms with Crippen molar-refractivity contribution >= 4 is 22.9 Å². The number of nitrogens with zero attached hydrogens (tertiary/aromatic N) is 1. The number of aromatic nitrogens is 1. The molecule has 0 radical (unpaired) electrons. The van der Waals surface area contributed by atoms with Crippen LogP contribution < -0.4 is 11.1 Å². The standard InChI is InChI=1S/C14H17N3O2S/c1-9-16-13(8-20-9)10-3-5-11(6-4-10)17-14(18)12(15)7-19-2/h3-6,8,12H,7,15H2,1-2H3,(H,17,18). The van der Waals surface area contributed by atoms with Crippen LogP contribution in [0.3, 0.4) is 0 Å². The first-order valence-electron chi connectivity index (χ1n) is 6.18. The molecule has 0 saturated carbocycles. The second-order valence-corrected chi connectivity index (χ2v) is 5.44. The number of ether oxygens (including phenoxy) is 1. The summed E-state index contributed by atoms with van der Waals surface area (Å²) in [7, 11) is 1.51. The van der Waals surface area contributed by atoms with Crippen LogP contribution >= 0.6 is 11.3 Å². The molecular weight excluding hydrogens is 274 g/mol. The van der Waals surface area contributed by atoms with E-state index in [1.54, 1.807) is 11.3 Å². The van der Waals surface area contributed by atoms with Gasteiger partial charge in [0, 0.05) is 23.7 Å². The zero-order valence-corrected chi connectivity index (χ0v) is 12.2. The number of carbonyl (C=O) groups is 1. The lowest BCUT2D eigenvalue weighted by Gasteiger charge is -2.11. The number of aryl methyl sites for hydroxylation is 1. The van der Waals surface area contributed by atoms with Crippen molar-refractivity contribution in [3.05, 3.63) is 34.7 Å². The van der Waals surface area contributed by atoms with Crippen molar-refractivity contribution in [2.24, 2.45) is 5.73 Å². The second kappa shape index (κ2) is 6.60. The average molecular weight is 291 g/mol. The fourth-order valence-corrected chi connectivity index (χ4v) is 2.33. The molecule has 0 fully saturated rings. The number of anilines is 1. The lowest BCUT2D eigenvalue weighted by atomic mass is 10.1. The minimum absolute atomic E-state index is 0.196. The number of rotatable bonds is 5. The molecule has 3 N–H and O–H groups in total. The lowest BCUT2D eigenvalue weighted by Crippen LogP contribution is -2.39. The largest absolute Gasteiger partial charge is 0.383 e.